The number of hydrogen-bond donors (Lipinski definition) is 1. The maximum atomic E-state index is 13.9. The van der Waals surface area contributed by atoms with Gasteiger partial charge >= 0.3 is 0 Å². The molecule has 6 rings (SSSR count). The number of imidazole rings is 1. The van der Waals surface area contributed by atoms with Gasteiger partial charge in [-0.05, 0) is 93.2 Å². The molecule has 2 aliphatic heterocycles. The lowest BCUT2D eigenvalue weighted by atomic mass is 9.77. The minimum absolute atomic E-state index is 0.134. The second-order valence-electron chi connectivity index (χ2n) is 12.0. The number of benzene rings is 2. The van der Waals surface area contributed by atoms with Crippen molar-refractivity contribution in [3.63, 3.8) is 0 Å². The van der Waals surface area contributed by atoms with E-state index in [1.165, 1.54) is 41.8 Å². The zero-order chi connectivity index (χ0) is 27.1. The number of nitriles is 1. The number of aryl methyl sites for hydroxylation is 1. The van der Waals surface area contributed by atoms with Crippen LogP contribution in [0.3, 0.4) is 0 Å². The fourth-order valence-electron chi connectivity index (χ4n) is 6.52. The SMILES string of the molecule is Cc1cc(C2CCC2)c(-c2nc3c([nH]2)CN(C(C)C)CC3)cc1C(=O)N1CCC(c2ccc(C#N)cc2)CC1. The van der Waals surface area contributed by atoms with Gasteiger partial charge in [0.05, 0.1) is 23.0 Å². The molecule has 1 amide bonds. The molecule has 0 atom stereocenters. The highest BCUT2D eigenvalue weighted by molar-refractivity contribution is 5.97. The van der Waals surface area contributed by atoms with Crippen LogP contribution in [-0.4, -0.2) is 51.4 Å². The summed E-state index contributed by atoms with van der Waals surface area (Å²) in [6.45, 7) is 10.1. The maximum absolute atomic E-state index is 13.9. The molecule has 0 bridgehead atoms. The van der Waals surface area contributed by atoms with Gasteiger partial charge in [0.25, 0.3) is 5.91 Å². The Bertz CT molecular complexity index is 1400. The quantitative estimate of drug-likeness (QED) is 0.427. The van der Waals surface area contributed by atoms with E-state index in [2.05, 4.69) is 61.0 Å². The first kappa shape index (κ1) is 25.8. The lowest BCUT2D eigenvalue weighted by molar-refractivity contribution is 0.0712. The second-order valence-corrected chi connectivity index (χ2v) is 12.0. The molecule has 202 valence electrons. The number of rotatable bonds is 5. The third-order valence-electron chi connectivity index (χ3n) is 9.31. The van der Waals surface area contributed by atoms with Crippen molar-refractivity contribution in [2.75, 3.05) is 19.6 Å². The van der Waals surface area contributed by atoms with Crippen LogP contribution in [0.15, 0.2) is 36.4 Å². The Morgan fingerprint density at radius 1 is 1.05 bits per heavy atom. The average Bonchev–Trinajstić information content (AvgIpc) is 3.35. The van der Waals surface area contributed by atoms with Crippen LogP contribution in [0.25, 0.3) is 11.4 Å². The topological polar surface area (TPSA) is 76.0 Å². The molecule has 6 nitrogen and oxygen atoms in total. The van der Waals surface area contributed by atoms with Crippen molar-refractivity contribution >= 4 is 5.91 Å². The van der Waals surface area contributed by atoms with Crippen LogP contribution in [0, 0.1) is 18.3 Å². The molecule has 6 heteroatoms. The highest BCUT2D eigenvalue weighted by atomic mass is 16.2. The molecule has 3 heterocycles. The molecule has 2 fully saturated rings. The van der Waals surface area contributed by atoms with Crippen LogP contribution in [-0.2, 0) is 13.0 Å². The van der Waals surface area contributed by atoms with Crippen LogP contribution in [0.1, 0.15) is 102 Å². The van der Waals surface area contributed by atoms with Crippen LogP contribution in [0.4, 0.5) is 0 Å². The van der Waals surface area contributed by atoms with E-state index < -0.39 is 0 Å². The zero-order valence-electron chi connectivity index (χ0n) is 23.5. The molecule has 1 N–H and O–H groups in total. The summed E-state index contributed by atoms with van der Waals surface area (Å²) in [6, 6.07) is 15.1. The Labute approximate surface area is 232 Å². The first-order chi connectivity index (χ1) is 18.9. The second kappa shape index (κ2) is 10.6. The number of nitrogens with zero attached hydrogens (tertiary/aromatic N) is 4. The molecular formula is C33H39N5O. The van der Waals surface area contributed by atoms with Gasteiger partial charge in [0.2, 0.25) is 0 Å². The van der Waals surface area contributed by atoms with Crippen LogP contribution < -0.4 is 0 Å². The number of carbonyl (C=O) groups excluding carboxylic acids is 1. The largest absolute Gasteiger partial charge is 0.341 e. The fourth-order valence-corrected chi connectivity index (χ4v) is 6.52. The van der Waals surface area contributed by atoms with E-state index in [-0.39, 0.29) is 5.91 Å². The molecule has 39 heavy (non-hydrogen) atoms. The summed E-state index contributed by atoms with van der Waals surface area (Å²) in [6.07, 6.45) is 6.56. The molecule has 3 aliphatic rings. The van der Waals surface area contributed by atoms with Crippen molar-refractivity contribution in [3.8, 4) is 17.5 Å². The van der Waals surface area contributed by atoms with Gasteiger partial charge in [-0.15, -0.1) is 0 Å². The minimum Gasteiger partial charge on any atom is -0.341 e. The summed E-state index contributed by atoms with van der Waals surface area (Å²) in [5.41, 5.74) is 8.71. The molecule has 1 aliphatic carbocycles. The molecule has 0 unspecified atom stereocenters. The van der Waals surface area contributed by atoms with Crippen molar-refractivity contribution < 1.29 is 4.79 Å². The average molecular weight is 522 g/mol. The van der Waals surface area contributed by atoms with Gasteiger partial charge < -0.3 is 9.88 Å². The Kier molecular flexibility index (Phi) is 7.03. The van der Waals surface area contributed by atoms with E-state index in [4.69, 9.17) is 10.2 Å². The lowest BCUT2D eigenvalue weighted by Gasteiger charge is -2.33. The smallest absolute Gasteiger partial charge is 0.254 e. The van der Waals surface area contributed by atoms with E-state index >= 15 is 0 Å². The van der Waals surface area contributed by atoms with Crippen molar-refractivity contribution in [3.05, 3.63) is 75.6 Å². The molecule has 2 aromatic carbocycles. The van der Waals surface area contributed by atoms with E-state index in [0.717, 1.165) is 68.0 Å². The number of fused-ring (bicyclic) bond motifs is 1. The fraction of sp³-hybridized carbons (Fsp3) is 0.485. The number of aromatic amines is 1. The van der Waals surface area contributed by atoms with Crippen LogP contribution >= 0.6 is 0 Å². The Balaban J connectivity index is 1.25. The summed E-state index contributed by atoms with van der Waals surface area (Å²) in [7, 11) is 0. The summed E-state index contributed by atoms with van der Waals surface area (Å²) in [5, 5.41) is 9.09. The maximum Gasteiger partial charge on any atom is 0.254 e. The van der Waals surface area contributed by atoms with E-state index in [0.29, 0.717) is 23.4 Å². The third-order valence-corrected chi connectivity index (χ3v) is 9.31. The predicted molar refractivity (Wildman–Crippen MR) is 154 cm³/mol. The number of nitrogens with one attached hydrogen (secondary N) is 1. The number of hydrogen-bond acceptors (Lipinski definition) is 4. The van der Waals surface area contributed by atoms with Crippen molar-refractivity contribution in [1.29, 1.82) is 5.26 Å². The van der Waals surface area contributed by atoms with Gasteiger partial charge in [-0.25, -0.2) is 4.98 Å². The highest BCUT2D eigenvalue weighted by Crippen LogP contribution is 2.42. The van der Waals surface area contributed by atoms with Gasteiger partial charge in [0.1, 0.15) is 5.82 Å². The number of aromatic nitrogens is 2. The molecule has 3 aromatic rings. The molecule has 0 radical (unpaired) electrons. The predicted octanol–water partition coefficient (Wildman–Crippen LogP) is 6.31. The number of carbonyl (C=O) groups is 1. The molecular weight excluding hydrogens is 482 g/mol. The van der Waals surface area contributed by atoms with E-state index in [1.54, 1.807) is 0 Å². The molecule has 0 spiro atoms. The molecule has 1 saturated heterocycles. The Morgan fingerprint density at radius 3 is 2.44 bits per heavy atom. The van der Waals surface area contributed by atoms with Gasteiger partial charge in [0.15, 0.2) is 0 Å². The standard InChI is InChI=1S/C33H39N5O/c1-21(2)38-16-13-30-31(20-38)36-32(35-30)29-18-27(22(3)17-28(29)26-5-4-6-26)33(39)37-14-11-25(12-15-37)24-9-7-23(19-34)8-10-24/h7-10,17-18,21,25-26H,4-6,11-16,20H2,1-3H3,(H,35,36). The van der Waals surface area contributed by atoms with Crippen molar-refractivity contribution in [1.82, 2.24) is 19.8 Å². The summed E-state index contributed by atoms with van der Waals surface area (Å²) >= 11 is 0. The van der Waals surface area contributed by atoms with E-state index in [1.807, 2.05) is 17.0 Å². The van der Waals surface area contributed by atoms with Gasteiger partial charge in [-0.3, -0.25) is 9.69 Å². The monoisotopic (exact) mass is 521 g/mol. The lowest BCUT2D eigenvalue weighted by Crippen LogP contribution is -2.38. The van der Waals surface area contributed by atoms with Gasteiger partial charge in [-0.2, -0.15) is 5.26 Å². The first-order valence-electron chi connectivity index (χ1n) is 14.7. The minimum atomic E-state index is 0.134. The van der Waals surface area contributed by atoms with Gasteiger partial charge in [-0.1, -0.05) is 24.6 Å². The Morgan fingerprint density at radius 2 is 1.79 bits per heavy atom. The number of H-pyrrole nitrogens is 1. The van der Waals surface area contributed by atoms with Crippen molar-refractivity contribution in [2.24, 2.45) is 0 Å². The number of amides is 1. The third kappa shape index (κ3) is 5.01. The number of likely N-dealkylation sites (tertiary alicyclic amines) is 1. The van der Waals surface area contributed by atoms with Crippen molar-refractivity contribution in [2.45, 2.75) is 83.7 Å². The highest BCUT2D eigenvalue weighted by Gasteiger charge is 2.30. The van der Waals surface area contributed by atoms with Crippen LogP contribution in [0.5, 0.6) is 0 Å². The summed E-state index contributed by atoms with van der Waals surface area (Å²) < 4.78 is 0. The Hall–Kier alpha value is -3.43. The van der Waals surface area contributed by atoms with E-state index in [9.17, 15) is 4.79 Å². The first-order valence-corrected chi connectivity index (χ1v) is 14.7. The summed E-state index contributed by atoms with van der Waals surface area (Å²) in [4.78, 5) is 27.1. The normalized spacial score (nSPS) is 18.6. The molecule has 1 aromatic heterocycles. The zero-order valence-corrected chi connectivity index (χ0v) is 23.5. The molecule has 1 saturated carbocycles. The number of piperidine rings is 1. The summed E-state index contributed by atoms with van der Waals surface area (Å²) in [5.74, 6) is 2.05. The van der Waals surface area contributed by atoms with Gasteiger partial charge in [0, 0.05) is 49.8 Å². The van der Waals surface area contributed by atoms with Crippen LogP contribution in [0.2, 0.25) is 0 Å².